The molecular formula is C34H51FN2O. The standard InChI is InChI=1S/C27H33FN2O.C7H14.2H2/c1-5-9-19(2)10-8-17-29-18-25-27(24-12-7-6-11-20(3)30-24)26(21(4)31-25)22-13-15-23(28)16-14-22;1-7-5-3-2-4-6-7;;/h5,7,11-16,19,21,26,29H,1,8-10,17-18H2,2-4H3;7H,2-6H2,1H3;2*1H. The number of hydrogen-bond acceptors (Lipinski definition) is 3. The summed E-state index contributed by atoms with van der Waals surface area (Å²) in [5.41, 5.74) is 7.01. The van der Waals surface area contributed by atoms with Gasteiger partial charge in [-0.2, -0.15) is 0 Å². The van der Waals surface area contributed by atoms with Crippen LogP contribution in [0, 0.1) is 17.7 Å². The molecule has 38 heavy (non-hydrogen) atoms. The Bertz CT molecular complexity index is 1060. The number of aliphatic imine (C=N–C) groups is 1. The molecule has 1 aromatic carbocycles. The van der Waals surface area contributed by atoms with Crippen molar-refractivity contribution in [1.82, 2.24) is 5.32 Å². The third-order valence-electron chi connectivity index (χ3n) is 7.64. The molecule has 1 N–H and O–H groups in total. The van der Waals surface area contributed by atoms with E-state index in [2.05, 4.69) is 38.4 Å². The molecule has 4 rings (SSSR count). The second kappa shape index (κ2) is 15.7. The molecular weight excluding hydrogens is 471 g/mol. The van der Waals surface area contributed by atoms with Gasteiger partial charge in [-0.25, -0.2) is 4.39 Å². The molecule has 210 valence electrons. The molecule has 3 unspecified atom stereocenters. The lowest BCUT2D eigenvalue weighted by atomic mass is 9.86. The zero-order valence-electron chi connectivity index (χ0n) is 23.9. The number of halogens is 1. The van der Waals surface area contributed by atoms with Crippen molar-refractivity contribution in [3.05, 3.63) is 89.3 Å². The molecule has 0 spiro atoms. The van der Waals surface area contributed by atoms with Gasteiger partial charge in [0.1, 0.15) is 17.7 Å². The Morgan fingerprint density at radius 3 is 2.61 bits per heavy atom. The summed E-state index contributed by atoms with van der Waals surface area (Å²) in [4.78, 5) is 4.80. The second-order valence-electron chi connectivity index (χ2n) is 11.2. The van der Waals surface area contributed by atoms with Crippen LogP contribution >= 0.6 is 0 Å². The van der Waals surface area contributed by atoms with Crippen molar-refractivity contribution in [3.63, 3.8) is 0 Å². The number of rotatable bonds is 10. The smallest absolute Gasteiger partial charge is 0.123 e. The summed E-state index contributed by atoms with van der Waals surface area (Å²) in [7, 11) is 0. The van der Waals surface area contributed by atoms with Gasteiger partial charge in [0.2, 0.25) is 0 Å². The molecule has 3 atom stereocenters. The van der Waals surface area contributed by atoms with Gasteiger partial charge < -0.3 is 10.1 Å². The minimum atomic E-state index is -0.233. The van der Waals surface area contributed by atoms with E-state index < -0.39 is 0 Å². The van der Waals surface area contributed by atoms with Crippen molar-refractivity contribution in [1.29, 1.82) is 0 Å². The van der Waals surface area contributed by atoms with Crippen LogP contribution in [0.5, 0.6) is 0 Å². The molecule has 1 aliphatic carbocycles. The Kier molecular flexibility index (Phi) is 12.3. The fourth-order valence-electron chi connectivity index (χ4n) is 5.50. The van der Waals surface area contributed by atoms with Crippen LogP contribution in [0.25, 0.3) is 0 Å². The van der Waals surface area contributed by atoms with Gasteiger partial charge in [-0.15, -0.1) is 12.3 Å². The lowest BCUT2D eigenvalue weighted by Crippen LogP contribution is -2.20. The number of benzene rings is 1. The summed E-state index contributed by atoms with van der Waals surface area (Å²) in [5, 5.41) is 3.54. The molecule has 0 radical (unpaired) electrons. The van der Waals surface area contributed by atoms with Crippen LogP contribution < -0.4 is 5.32 Å². The zero-order valence-corrected chi connectivity index (χ0v) is 23.9. The largest absolute Gasteiger partial charge is 0.492 e. The van der Waals surface area contributed by atoms with Gasteiger partial charge in [0.05, 0.1) is 18.2 Å². The van der Waals surface area contributed by atoms with Crippen LogP contribution in [0.2, 0.25) is 0 Å². The fraction of sp³-hybridized carbons (Fsp3) is 0.529. The third-order valence-corrected chi connectivity index (χ3v) is 7.64. The van der Waals surface area contributed by atoms with Crippen LogP contribution in [-0.2, 0) is 4.74 Å². The maximum Gasteiger partial charge on any atom is 0.123 e. The van der Waals surface area contributed by atoms with Crippen LogP contribution in [0.4, 0.5) is 4.39 Å². The molecule has 2 aliphatic heterocycles. The summed E-state index contributed by atoms with van der Waals surface area (Å²) in [6, 6.07) is 6.72. The lowest BCUT2D eigenvalue weighted by molar-refractivity contribution is 0.143. The minimum absolute atomic E-state index is 0. The van der Waals surface area contributed by atoms with Gasteiger partial charge in [-0.05, 0) is 81.3 Å². The average Bonchev–Trinajstić information content (AvgIpc) is 3.07. The van der Waals surface area contributed by atoms with Crippen molar-refractivity contribution in [2.24, 2.45) is 16.8 Å². The van der Waals surface area contributed by atoms with Crippen molar-refractivity contribution >= 4 is 5.71 Å². The predicted octanol–water partition coefficient (Wildman–Crippen LogP) is 9.31. The Hall–Kier alpha value is -2.68. The first kappa shape index (κ1) is 29.9. The first-order valence-electron chi connectivity index (χ1n) is 14.5. The normalized spacial score (nSPS) is 22.1. The molecule has 4 heteroatoms. The molecule has 1 saturated carbocycles. The van der Waals surface area contributed by atoms with E-state index >= 15 is 0 Å². The maximum absolute atomic E-state index is 13.5. The van der Waals surface area contributed by atoms with E-state index in [4.69, 9.17) is 9.73 Å². The van der Waals surface area contributed by atoms with Crippen LogP contribution in [0.3, 0.4) is 0 Å². The number of ether oxygens (including phenoxy) is 1. The highest BCUT2D eigenvalue weighted by Gasteiger charge is 2.36. The van der Waals surface area contributed by atoms with E-state index in [1.165, 1.54) is 50.7 Å². The molecule has 1 fully saturated rings. The molecule has 1 aromatic rings. The maximum atomic E-state index is 13.5. The summed E-state index contributed by atoms with van der Waals surface area (Å²) in [6.45, 7) is 14.1. The van der Waals surface area contributed by atoms with E-state index in [1.807, 2.05) is 43.4 Å². The van der Waals surface area contributed by atoms with E-state index in [0.29, 0.717) is 12.5 Å². The first-order chi connectivity index (χ1) is 18.4. The molecule has 3 aliphatic rings. The monoisotopic (exact) mass is 522 g/mol. The fourth-order valence-corrected chi connectivity index (χ4v) is 5.50. The molecule has 0 aromatic heterocycles. The summed E-state index contributed by atoms with van der Waals surface area (Å²) < 4.78 is 19.9. The van der Waals surface area contributed by atoms with E-state index in [1.54, 1.807) is 0 Å². The first-order valence-corrected chi connectivity index (χ1v) is 14.5. The van der Waals surface area contributed by atoms with Crippen LogP contribution in [-0.4, -0.2) is 24.9 Å². The predicted molar refractivity (Wildman–Crippen MR) is 163 cm³/mol. The van der Waals surface area contributed by atoms with Crippen molar-refractivity contribution < 1.29 is 12.0 Å². The van der Waals surface area contributed by atoms with Crippen molar-refractivity contribution in [2.45, 2.75) is 91.1 Å². The summed E-state index contributed by atoms with van der Waals surface area (Å²) in [6.07, 6.45) is 18.5. The zero-order chi connectivity index (χ0) is 27.3. The van der Waals surface area contributed by atoms with Gasteiger partial charge in [-0.3, -0.25) is 4.99 Å². The number of nitrogens with one attached hydrogen (secondary N) is 1. The third kappa shape index (κ3) is 9.26. The lowest BCUT2D eigenvalue weighted by Gasteiger charge is -2.18. The highest BCUT2D eigenvalue weighted by atomic mass is 19.1. The van der Waals surface area contributed by atoms with Crippen molar-refractivity contribution in [2.75, 3.05) is 13.1 Å². The van der Waals surface area contributed by atoms with Crippen LogP contribution in [0.15, 0.2) is 82.9 Å². The number of hydrogen-bond donors (Lipinski definition) is 1. The van der Waals surface area contributed by atoms with Crippen LogP contribution in [0.1, 0.15) is 93.4 Å². The molecule has 0 bridgehead atoms. The van der Waals surface area contributed by atoms with Gasteiger partial charge in [-0.1, -0.05) is 64.2 Å². The van der Waals surface area contributed by atoms with Gasteiger partial charge >= 0.3 is 0 Å². The Balaban J connectivity index is 0.000000776. The van der Waals surface area contributed by atoms with Gasteiger partial charge in [0.15, 0.2) is 0 Å². The van der Waals surface area contributed by atoms with E-state index in [0.717, 1.165) is 53.6 Å². The molecule has 0 saturated heterocycles. The number of nitrogens with zero attached hydrogens (tertiary/aromatic N) is 1. The van der Waals surface area contributed by atoms with Gasteiger partial charge in [0, 0.05) is 20.2 Å². The SMILES string of the molecule is C=CCC(C)CCCNCC1=C(C2=CC=C=CC(C)=N2)C(c2ccc(F)cc2)C(C)O1.CC1CCCCC1.[HH].[HH]. The van der Waals surface area contributed by atoms with Crippen molar-refractivity contribution in [3.8, 4) is 0 Å². The molecule has 3 nitrogen and oxygen atoms in total. The van der Waals surface area contributed by atoms with Gasteiger partial charge in [0.25, 0.3) is 0 Å². The summed E-state index contributed by atoms with van der Waals surface area (Å²) in [5.74, 6) is 2.38. The molecule has 2 heterocycles. The topological polar surface area (TPSA) is 33.6 Å². The Morgan fingerprint density at radius 2 is 1.95 bits per heavy atom. The highest BCUT2D eigenvalue weighted by Crippen LogP contribution is 2.43. The minimum Gasteiger partial charge on any atom is -0.492 e. The van der Waals surface area contributed by atoms with E-state index in [-0.39, 0.29) is 20.7 Å². The van der Waals surface area contributed by atoms with E-state index in [9.17, 15) is 4.39 Å². The average molecular weight is 523 g/mol. The summed E-state index contributed by atoms with van der Waals surface area (Å²) >= 11 is 0. The Morgan fingerprint density at radius 1 is 1.21 bits per heavy atom. The number of allylic oxidation sites excluding steroid dienone is 4. The quantitative estimate of drug-likeness (QED) is 0.189. The second-order valence-corrected chi connectivity index (χ2v) is 11.2. The molecule has 0 amide bonds. The highest BCUT2D eigenvalue weighted by molar-refractivity contribution is 5.94. The Labute approximate surface area is 233 Å².